The third-order valence-corrected chi connectivity index (χ3v) is 3.38. The van der Waals surface area contributed by atoms with E-state index < -0.39 is 0 Å². The van der Waals surface area contributed by atoms with Crippen LogP contribution >= 0.6 is 0 Å². The normalized spacial score (nSPS) is 12.3. The van der Waals surface area contributed by atoms with E-state index in [-0.39, 0.29) is 0 Å². The van der Waals surface area contributed by atoms with Crippen molar-refractivity contribution < 1.29 is 0 Å². The Bertz CT molecular complexity index is 476. The Balaban J connectivity index is 1.71. The van der Waals surface area contributed by atoms with E-state index in [1.165, 1.54) is 11.1 Å². The van der Waals surface area contributed by atoms with Crippen LogP contribution < -0.4 is 5.32 Å². The number of nitrogens with one attached hydrogen (secondary N) is 1. The van der Waals surface area contributed by atoms with Gasteiger partial charge in [-0.1, -0.05) is 43.3 Å². The quantitative estimate of drug-likeness (QED) is 0.800. The van der Waals surface area contributed by atoms with Crippen molar-refractivity contribution in [2.24, 2.45) is 0 Å². The average Bonchev–Trinajstić information content (AvgIpc) is 2.46. The molecule has 1 N–H and O–H groups in total. The van der Waals surface area contributed by atoms with Crippen LogP contribution in [0.5, 0.6) is 0 Å². The molecule has 1 heterocycles. The summed E-state index contributed by atoms with van der Waals surface area (Å²) in [4.78, 5) is 4.31. The fourth-order valence-corrected chi connectivity index (χ4v) is 2.10. The summed E-state index contributed by atoms with van der Waals surface area (Å²) in [7, 11) is 0. The largest absolute Gasteiger partial charge is 0.316 e. The van der Waals surface area contributed by atoms with Crippen molar-refractivity contribution in [3.63, 3.8) is 0 Å². The van der Waals surface area contributed by atoms with Gasteiger partial charge in [-0.25, -0.2) is 0 Å². The van der Waals surface area contributed by atoms with E-state index in [4.69, 9.17) is 0 Å². The number of hydrogen-bond donors (Lipinski definition) is 1. The van der Waals surface area contributed by atoms with Crippen molar-refractivity contribution in [2.45, 2.75) is 26.2 Å². The van der Waals surface area contributed by atoms with Crippen molar-refractivity contribution in [3.05, 3.63) is 65.5 Å². The molecule has 2 rings (SSSR count). The Morgan fingerprint density at radius 3 is 2.58 bits per heavy atom. The number of nitrogens with zero attached hydrogens (tertiary/aromatic N) is 1. The fourth-order valence-electron chi connectivity index (χ4n) is 2.10. The summed E-state index contributed by atoms with van der Waals surface area (Å²) >= 11 is 0. The van der Waals surface area contributed by atoms with Crippen LogP contribution in [0.15, 0.2) is 48.7 Å². The minimum Gasteiger partial charge on any atom is -0.316 e. The molecule has 2 aromatic rings. The van der Waals surface area contributed by atoms with Gasteiger partial charge < -0.3 is 5.32 Å². The maximum Gasteiger partial charge on any atom is 0.0372 e. The molecule has 0 fully saturated rings. The van der Waals surface area contributed by atoms with Gasteiger partial charge in [-0.3, -0.25) is 4.98 Å². The zero-order chi connectivity index (χ0) is 13.5. The predicted molar refractivity (Wildman–Crippen MR) is 80.4 cm³/mol. The summed E-state index contributed by atoms with van der Waals surface area (Å²) in [5.74, 6) is 0.553. The highest BCUT2D eigenvalue weighted by atomic mass is 14.9. The lowest BCUT2D eigenvalue weighted by molar-refractivity contribution is 0.615. The first-order valence-corrected chi connectivity index (χ1v) is 6.93. The monoisotopic (exact) mass is 254 g/mol. The maximum atomic E-state index is 4.31. The van der Waals surface area contributed by atoms with E-state index in [0.717, 1.165) is 25.2 Å². The van der Waals surface area contributed by atoms with E-state index in [1.54, 1.807) is 0 Å². The van der Waals surface area contributed by atoms with Gasteiger partial charge in [0, 0.05) is 18.4 Å². The zero-order valence-corrected chi connectivity index (χ0v) is 11.8. The van der Waals surface area contributed by atoms with Gasteiger partial charge >= 0.3 is 0 Å². The number of rotatable bonds is 6. The Morgan fingerprint density at radius 2 is 1.89 bits per heavy atom. The van der Waals surface area contributed by atoms with Crippen molar-refractivity contribution >= 4 is 0 Å². The van der Waals surface area contributed by atoms with Crippen LogP contribution in [0.2, 0.25) is 0 Å². The molecule has 100 valence electrons. The second kappa shape index (κ2) is 7.05. The van der Waals surface area contributed by atoms with Crippen LogP contribution in [0, 0.1) is 6.92 Å². The average molecular weight is 254 g/mol. The first kappa shape index (κ1) is 13.8. The fraction of sp³-hybridized carbons (Fsp3) is 0.353. The van der Waals surface area contributed by atoms with Crippen LogP contribution in [0.4, 0.5) is 0 Å². The molecular formula is C17H22N2. The lowest BCUT2D eigenvalue weighted by Crippen LogP contribution is -2.22. The first-order chi connectivity index (χ1) is 9.25. The zero-order valence-electron chi connectivity index (χ0n) is 11.8. The number of hydrogen-bond acceptors (Lipinski definition) is 2. The van der Waals surface area contributed by atoms with Crippen molar-refractivity contribution in [1.82, 2.24) is 10.3 Å². The minimum absolute atomic E-state index is 0.553. The molecule has 0 radical (unpaired) electrons. The number of benzene rings is 1. The molecule has 0 aliphatic carbocycles. The van der Waals surface area contributed by atoms with Gasteiger partial charge in [0.1, 0.15) is 0 Å². The summed E-state index contributed by atoms with van der Waals surface area (Å²) in [6, 6.07) is 14.9. The lowest BCUT2D eigenvalue weighted by atomic mass is 10.0. The van der Waals surface area contributed by atoms with Gasteiger partial charge in [0.05, 0.1) is 0 Å². The van der Waals surface area contributed by atoms with Crippen LogP contribution in [0.1, 0.15) is 29.7 Å². The van der Waals surface area contributed by atoms with E-state index in [0.29, 0.717) is 5.92 Å². The maximum absolute atomic E-state index is 4.31. The van der Waals surface area contributed by atoms with Crippen molar-refractivity contribution in [3.8, 4) is 0 Å². The molecule has 0 aliphatic rings. The van der Waals surface area contributed by atoms with Gasteiger partial charge in [0.2, 0.25) is 0 Å². The molecule has 0 spiro atoms. The molecule has 1 aromatic carbocycles. The standard InChI is InChI=1S/C17H22N2/c1-14(17-6-4-3-5-7-17)12-18-11-10-16-9-8-15(2)19-13-16/h3-9,13-14,18H,10-12H2,1-2H3. The molecular weight excluding hydrogens is 232 g/mol. The third kappa shape index (κ3) is 4.49. The summed E-state index contributed by atoms with van der Waals surface area (Å²) in [5, 5.41) is 3.52. The first-order valence-electron chi connectivity index (χ1n) is 6.93. The highest BCUT2D eigenvalue weighted by molar-refractivity contribution is 5.19. The molecule has 2 heteroatoms. The Kier molecular flexibility index (Phi) is 5.10. The van der Waals surface area contributed by atoms with Crippen molar-refractivity contribution in [2.75, 3.05) is 13.1 Å². The predicted octanol–water partition coefficient (Wildman–Crippen LogP) is 3.33. The smallest absolute Gasteiger partial charge is 0.0372 e. The highest BCUT2D eigenvalue weighted by Gasteiger charge is 2.03. The van der Waals surface area contributed by atoms with Gasteiger partial charge in [0.25, 0.3) is 0 Å². The van der Waals surface area contributed by atoms with Gasteiger partial charge in [-0.05, 0) is 43.0 Å². The lowest BCUT2D eigenvalue weighted by Gasteiger charge is -2.13. The van der Waals surface area contributed by atoms with E-state index in [9.17, 15) is 0 Å². The second-order valence-corrected chi connectivity index (χ2v) is 5.07. The molecule has 0 amide bonds. The SMILES string of the molecule is Cc1ccc(CCNCC(C)c2ccccc2)cn1. The Labute approximate surface area is 115 Å². The van der Waals surface area contributed by atoms with Crippen LogP contribution in [-0.2, 0) is 6.42 Å². The number of aromatic nitrogens is 1. The second-order valence-electron chi connectivity index (χ2n) is 5.07. The molecule has 0 saturated heterocycles. The van der Waals surface area contributed by atoms with Gasteiger partial charge in [-0.2, -0.15) is 0 Å². The van der Waals surface area contributed by atoms with Gasteiger partial charge in [0.15, 0.2) is 0 Å². The van der Waals surface area contributed by atoms with E-state index >= 15 is 0 Å². The summed E-state index contributed by atoms with van der Waals surface area (Å²) in [6.07, 6.45) is 3.01. The molecule has 0 saturated carbocycles. The molecule has 1 unspecified atom stereocenters. The Morgan fingerprint density at radius 1 is 1.11 bits per heavy atom. The molecule has 19 heavy (non-hydrogen) atoms. The summed E-state index contributed by atoms with van der Waals surface area (Å²) < 4.78 is 0. The summed E-state index contributed by atoms with van der Waals surface area (Å²) in [6.45, 7) is 6.30. The van der Waals surface area contributed by atoms with E-state index in [2.05, 4.69) is 59.7 Å². The highest BCUT2D eigenvalue weighted by Crippen LogP contribution is 2.12. The molecule has 0 aliphatic heterocycles. The van der Waals surface area contributed by atoms with Gasteiger partial charge in [-0.15, -0.1) is 0 Å². The topological polar surface area (TPSA) is 24.9 Å². The van der Waals surface area contributed by atoms with Crippen LogP contribution in [0.3, 0.4) is 0 Å². The van der Waals surface area contributed by atoms with Crippen molar-refractivity contribution in [1.29, 1.82) is 0 Å². The molecule has 2 nitrogen and oxygen atoms in total. The van der Waals surface area contributed by atoms with Crippen LogP contribution in [-0.4, -0.2) is 18.1 Å². The molecule has 1 aromatic heterocycles. The molecule has 1 atom stereocenters. The van der Waals surface area contributed by atoms with E-state index in [1.807, 2.05) is 13.1 Å². The summed E-state index contributed by atoms with van der Waals surface area (Å²) in [5.41, 5.74) is 3.77. The number of pyridine rings is 1. The Hall–Kier alpha value is -1.67. The van der Waals surface area contributed by atoms with Crippen LogP contribution in [0.25, 0.3) is 0 Å². The third-order valence-electron chi connectivity index (χ3n) is 3.38. The molecule has 0 bridgehead atoms. The minimum atomic E-state index is 0.553. The number of aryl methyl sites for hydroxylation is 1.